The molecule has 1 N–H and O–H groups in total. The minimum atomic E-state index is 0.170. The van der Waals surface area contributed by atoms with Gasteiger partial charge in [-0.25, -0.2) is 0 Å². The summed E-state index contributed by atoms with van der Waals surface area (Å²) in [5, 5.41) is 9.21. The molecule has 3 nitrogen and oxygen atoms in total. The van der Waals surface area contributed by atoms with E-state index >= 15 is 0 Å². The number of nitrogens with zero attached hydrogens (tertiary/aromatic N) is 1. The van der Waals surface area contributed by atoms with Crippen LogP contribution in [0.25, 0.3) is 0 Å². The minimum Gasteiger partial charge on any atom is -0.497 e. The van der Waals surface area contributed by atoms with Gasteiger partial charge < -0.3 is 9.84 Å². The third kappa shape index (κ3) is 4.37. The van der Waals surface area contributed by atoms with Gasteiger partial charge in [0.2, 0.25) is 0 Å². The van der Waals surface area contributed by atoms with Crippen molar-refractivity contribution in [2.24, 2.45) is 0 Å². The first-order chi connectivity index (χ1) is 9.81. The van der Waals surface area contributed by atoms with Crippen molar-refractivity contribution >= 4 is 0 Å². The molecule has 0 atom stereocenters. The molecule has 0 fully saturated rings. The topological polar surface area (TPSA) is 32.7 Å². The zero-order valence-electron chi connectivity index (χ0n) is 11.8. The lowest BCUT2D eigenvalue weighted by Crippen LogP contribution is -2.26. The summed E-state index contributed by atoms with van der Waals surface area (Å²) in [4.78, 5) is 2.23. The second kappa shape index (κ2) is 7.68. The molecule has 2 aromatic rings. The fourth-order valence-corrected chi connectivity index (χ4v) is 2.19. The maximum atomic E-state index is 9.21. The van der Waals surface area contributed by atoms with Gasteiger partial charge in [-0.3, -0.25) is 4.90 Å². The van der Waals surface area contributed by atoms with Gasteiger partial charge in [0.25, 0.3) is 0 Å². The summed E-state index contributed by atoms with van der Waals surface area (Å²) in [7, 11) is 1.67. The SMILES string of the molecule is COc1ccc(CN(CCO)Cc2ccccc2)cc1. The van der Waals surface area contributed by atoms with Crippen molar-refractivity contribution in [1.82, 2.24) is 4.90 Å². The maximum Gasteiger partial charge on any atom is 0.118 e. The molecule has 0 saturated carbocycles. The fourth-order valence-electron chi connectivity index (χ4n) is 2.19. The Balaban J connectivity index is 2.00. The second-order valence-electron chi connectivity index (χ2n) is 4.77. The number of ether oxygens (including phenoxy) is 1. The third-order valence-electron chi connectivity index (χ3n) is 3.23. The first kappa shape index (κ1) is 14.6. The highest BCUT2D eigenvalue weighted by atomic mass is 16.5. The zero-order chi connectivity index (χ0) is 14.2. The van der Waals surface area contributed by atoms with Crippen molar-refractivity contribution in [3.63, 3.8) is 0 Å². The highest BCUT2D eigenvalue weighted by molar-refractivity contribution is 5.27. The number of rotatable bonds is 7. The van der Waals surface area contributed by atoms with Crippen molar-refractivity contribution in [2.75, 3.05) is 20.3 Å². The first-order valence-corrected chi connectivity index (χ1v) is 6.82. The van der Waals surface area contributed by atoms with Crippen LogP contribution in [-0.2, 0) is 13.1 Å². The average molecular weight is 271 g/mol. The Morgan fingerprint density at radius 2 is 1.50 bits per heavy atom. The van der Waals surface area contributed by atoms with Crippen LogP contribution in [0.5, 0.6) is 5.75 Å². The lowest BCUT2D eigenvalue weighted by molar-refractivity contribution is 0.184. The van der Waals surface area contributed by atoms with Crippen LogP contribution in [0, 0.1) is 0 Å². The van der Waals surface area contributed by atoms with Crippen LogP contribution in [0.3, 0.4) is 0 Å². The van der Waals surface area contributed by atoms with Crippen molar-refractivity contribution < 1.29 is 9.84 Å². The van der Waals surface area contributed by atoms with Crippen LogP contribution in [-0.4, -0.2) is 30.3 Å². The van der Waals surface area contributed by atoms with Crippen molar-refractivity contribution in [1.29, 1.82) is 0 Å². The molecule has 106 valence electrons. The lowest BCUT2D eigenvalue weighted by atomic mass is 10.1. The molecule has 3 heteroatoms. The van der Waals surface area contributed by atoms with E-state index in [1.54, 1.807) is 7.11 Å². The maximum absolute atomic E-state index is 9.21. The number of benzene rings is 2. The summed E-state index contributed by atoms with van der Waals surface area (Å²) in [5.74, 6) is 0.866. The Morgan fingerprint density at radius 3 is 2.05 bits per heavy atom. The smallest absolute Gasteiger partial charge is 0.118 e. The zero-order valence-corrected chi connectivity index (χ0v) is 11.8. The summed E-state index contributed by atoms with van der Waals surface area (Å²) in [6.07, 6.45) is 0. The third-order valence-corrected chi connectivity index (χ3v) is 3.23. The average Bonchev–Trinajstić information content (AvgIpc) is 2.49. The first-order valence-electron chi connectivity index (χ1n) is 6.82. The molecule has 2 aromatic carbocycles. The summed E-state index contributed by atoms with van der Waals surface area (Å²) < 4.78 is 5.16. The number of hydrogen-bond donors (Lipinski definition) is 1. The van der Waals surface area contributed by atoms with Gasteiger partial charge in [-0.05, 0) is 23.3 Å². The van der Waals surface area contributed by atoms with Crippen LogP contribution >= 0.6 is 0 Å². The molecule has 0 aliphatic rings. The second-order valence-corrected chi connectivity index (χ2v) is 4.77. The van der Waals surface area contributed by atoms with Crippen LogP contribution in [0.1, 0.15) is 11.1 Å². The fraction of sp³-hybridized carbons (Fsp3) is 0.294. The molecule has 0 saturated heterocycles. The molecular formula is C17H21NO2. The molecule has 0 aromatic heterocycles. The van der Waals surface area contributed by atoms with Gasteiger partial charge in [-0.15, -0.1) is 0 Å². The number of aliphatic hydroxyl groups is 1. The van der Waals surface area contributed by atoms with Gasteiger partial charge in [-0.2, -0.15) is 0 Å². The normalized spacial score (nSPS) is 10.8. The van der Waals surface area contributed by atoms with Crippen molar-refractivity contribution in [3.8, 4) is 5.75 Å². The molecule has 0 heterocycles. The molecular weight excluding hydrogens is 250 g/mol. The van der Waals surface area contributed by atoms with Crippen molar-refractivity contribution in [2.45, 2.75) is 13.1 Å². The van der Waals surface area contributed by atoms with Crippen LogP contribution < -0.4 is 4.74 Å². The molecule has 0 aliphatic heterocycles. The lowest BCUT2D eigenvalue weighted by Gasteiger charge is -2.21. The Bertz CT molecular complexity index is 496. The van der Waals surface area contributed by atoms with E-state index in [2.05, 4.69) is 29.2 Å². The molecule has 0 bridgehead atoms. The van der Waals surface area contributed by atoms with Gasteiger partial charge >= 0.3 is 0 Å². The van der Waals surface area contributed by atoms with Gasteiger partial charge in [0.15, 0.2) is 0 Å². The Labute approximate surface area is 120 Å². The number of methoxy groups -OCH3 is 1. The molecule has 0 amide bonds. The summed E-state index contributed by atoms with van der Waals surface area (Å²) in [5.41, 5.74) is 2.48. The van der Waals surface area contributed by atoms with E-state index < -0.39 is 0 Å². The monoisotopic (exact) mass is 271 g/mol. The van der Waals surface area contributed by atoms with Gasteiger partial charge in [-0.1, -0.05) is 42.5 Å². The van der Waals surface area contributed by atoms with Gasteiger partial charge in [0.05, 0.1) is 13.7 Å². The molecule has 0 unspecified atom stereocenters. The molecule has 2 rings (SSSR count). The predicted molar refractivity (Wildman–Crippen MR) is 80.6 cm³/mol. The Hall–Kier alpha value is -1.84. The largest absolute Gasteiger partial charge is 0.497 e. The van der Waals surface area contributed by atoms with Crippen LogP contribution in [0.4, 0.5) is 0 Å². The summed E-state index contributed by atoms with van der Waals surface area (Å²) in [6, 6.07) is 18.4. The van der Waals surface area contributed by atoms with Gasteiger partial charge in [0, 0.05) is 19.6 Å². The van der Waals surface area contributed by atoms with E-state index in [4.69, 9.17) is 4.74 Å². The summed E-state index contributed by atoms with van der Waals surface area (Å²) in [6.45, 7) is 2.50. The van der Waals surface area contributed by atoms with E-state index in [0.29, 0.717) is 6.54 Å². The molecule has 0 spiro atoms. The Morgan fingerprint density at radius 1 is 0.900 bits per heavy atom. The van der Waals surface area contributed by atoms with Crippen LogP contribution in [0.15, 0.2) is 54.6 Å². The van der Waals surface area contributed by atoms with E-state index in [-0.39, 0.29) is 6.61 Å². The van der Waals surface area contributed by atoms with E-state index in [1.165, 1.54) is 11.1 Å². The number of hydrogen-bond acceptors (Lipinski definition) is 3. The summed E-state index contributed by atoms with van der Waals surface area (Å²) >= 11 is 0. The van der Waals surface area contributed by atoms with E-state index in [0.717, 1.165) is 18.8 Å². The minimum absolute atomic E-state index is 0.170. The number of aliphatic hydroxyl groups excluding tert-OH is 1. The molecule has 0 aliphatic carbocycles. The predicted octanol–water partition coefficient (Wildman–Crippen LogP) is 2.69. The molecule has 20 heavy (non-hydrogen) atoms. The van der Waals surface area contributed by atoms with E-state index in [9.17, 15) is 5.11 Å². The highest BCUT2D eigenvalue weighted by Gasteiger charge is 2.06. The van der Waals surface area contributed by atoms with Gasteiger partial charge in [0.1, 0.15) is 5.75 Å². The standard InChI is InChI=1S/C17H21NO2/c1-20-17-9-7-16(8-10-17)14-18(11-12-19)13-15-5-3-2-4-6-15/h2-10,19H,11-14H2,1H3. The highest BCUT2D eigenvalue weighted by Crippen LogP contribution is 2.14. The van der Waals surface area contributed by atoms with Crippen LogP contribution in [0.2, 0.25) is 0 Å². The quantitative estimate of drug-likeness (QED) is 0.840. The van der Waals surface area contributed by atoms with E-state index in [1.807, 2.05) is 30.3 Å². The Kier molecular flexibility index (Phi) is 5.59. The molecule has 0 radical (unpaired) electrons. The van der Waals surface area contributed by atoms with Crippen molar-refractivity contribution in [3.05, 3.63) is 65.7 Å².